The van der Waals surface area contributed by atoms with Gasteiger partial charge in [-0.1, -0.05) is 12.1 Å². The summed E-state index contributed by atoms with van der Waals surface area (Å²) in [7, 11) is 0. The van der Waals surface area contributed by atoms with Crippen LogP contribution in [-0.2, 0) is 16.0 Å². The number of anilines is 2. The summed E-state index contributed by atoms with van der Waals surface area (Å²) in [6.45, 7) is 7.38. The minimum Gasteiger partial charge on any atom is -0.368 e. The summed E-state index contributed by atoms with van der Waals surface area (Å²) >= 11 is 1.39. The van der Waals surface area contributed by atoms with E-state index in [4.69, 9.17) is 0 Å². The molecule has 7 heteroatoms. The van der Waals surface area contributed by atoms with E-state index in [1.54, 1.807) is 0 Å². The maximum absolute atomic E-state index is 12.7. The number of piperazine rings is 1. The number of aryl methyl sites for hydroxylation is 2. The van der Waals surface area contributed by atoms with Crippen LogP contribution in [0.1, 0.15) is 29.7 Å². The number of aromatic nitrogens is 1. The molecule has 0 spiro atoms. The zero-order valence-electron chi connectivity index (χ0n) is 16.4. The van der Waals surface area contributed by atoms with Crippen LogP contribution >= 0.6 is 11.3 Å². The highest BCUT2D eigenvalue weighted by Gasteiger charge is 2.30. The van der Waals surface area contributed by atoms with Crippen LogP contribution in [0.5, 0.6) is 0 Å². The maximum Gasteiger partial charge on any atom is 0.229 e. The Hall–Kier alpha value is -2.41. The summed E-state index contributed by atoms with van der Waals surface area (Å²) in [6.07, 6.45) is 2.23. The Morgan fingerprint density at radius 3 is 2.64 bits per heavy atom. The van der Waals surface area contributed by atoms with Gasteiger partial charge in [0.15, 0.2) is 5.13 Å². The molecule has 1 aliphatic heterocycles. The maximum atomic E-state index is 12.7. The van der Waals surface area contributed by atoms with Crippen LogP contribution in [0.3, 0.4) is 0 Å². The molecule has 0 atom stereocenters. The Labute approximate surface area is 169 Å². The van der Waals surface area contributed by atoms with E-state index in [1.165, 1.54) is 28.2 Å². The molecular formula is C21H26N4O2S. The van der Waals surface area contributed by atoms with Gasteiger partial charge in [0.05, 0.1) is 12.1 Å². The van der Waals surface area contributed by atoms with Crippen LogP contribution in [0.15, 0.2) is 23.6 Å². The van der Waals surface area contributed by atoms with Crippen LogP contribution in [0.2, 0.25) is 0 Å². The van der Waals surface area contributed by atoms with Gasteiger partial charge in [0.2, 0.25) is 11.8 Å². The minimum absolute atomic E-state index is 0.0507. The van der Waals surface area contributed by atoms with Gasteiger partial charge in [-0.3, -0.25) is 9.59 Å². The minimum atomic E-state index is 0.0507. The lowest BCUT2D eigenvalue weighted by atomic mass is 10.1. The van der Waals surface area contributed by atoms with Crippen LogP contribution in [0.25, 0.3) is 0 Å². The zero-order chi connectivity index (χ0) is 19.7. The van der Waals surface area contributed by atoms with Gasteiger partial charge in [0.1, 0.15) is 0 Å². The SMILES string of the molecule is Cc1ccc(C)c(N2CCN(C(=O)Cc3csc(NC(=O)C4CC4)n3)CC2)c1. The second-order valence-corrected chi connectivity index (χ2v) is 8.60. The molecule has 1 aromatic heterocycles. The number of benzene rings is 1. The largest absolute Gasteiger partial charge is 0.368 e. The molecule has 2 aliphatic rings. The molecule has 0 radical (unpaired) electrons. The Balaban J connectivity index is 1.30. The van der Waals surface area contributed by atoms with Crippen molar-refractivity contribution in [2.75, 3.05) is 36.4 Å². The molecule has 4 rings (SSSR count). The molecule has 2 fully saturated rings. The van der Waals surface area contributed by atoms with Gasteiger partial charge in [-0.2, -0.15) is 0 Å². The zero-order valence-corrected chi connectivity index (χ0v) is 17.2. The molecule has 1 aliphatic carbocycles. The second-order valence-electron chi connectivity index (χ2n) is 7.74. The quantitative estimate of drug-likeness (QED) is 0.841. The molecule has 2 aromatic rings. The van der Waals surface area contributed by atoms with E-state index < -0.39 is 0 Å². The van der Waals surface area contributed by atoms with Crippen molar-refractivity contribution in [3.8, 4) is 0 Å². The molecule has 1 saturated heterocycles. The number of rotatable bonds is 5. The first-order valence-electron chi connectivity index (χ1n) is 9.85. The third kappa shape index (κ3) is 4.35. The van der Waals surface area contributed by atoms with E-state index in [1.807, 2.05) is 10.3 Å². The fraction of sp³-hybridized carbons (Fsp3) is 0.476. The second kappa shape index (κ2) is 7.91. The molecule has 148 valence electrons. The fourth-order valence-corrected chi connectivity index (χ4v) is 4.24. The number of amides is 2. The number of nitrogens with one attached hydrogen (secondary N) is 1. The third-order valence-electron chi connectivity index (χ3n) is 5.40. The van der Waals surface area contributed by atoms with Crippen molar-refractivity contribution in [3.05, 3.63) is 40.4 Å². The predicted molar refractivity (Wildman–Crippen MR) is 112 cm³/mol. The fourth-order valence-electron chi connectivity index (χ4n) is 3.52. The lowest BCUT2D eigenvalue weighted by Gasteiger charge is -2.37. The molecular weight excluding hydrogens is 372 g/mol. The van der Waals surface area contributed by atoms with E-state index in [2.05, 4.69) is 47.2 Å². The molecule has 1 aromatic carbocycles. The average Bonchev–Trinajstić information content (AvgIpc) is 3.46. The standard InChI is InChI=1S/C21H26N4O2S/c1-14-3-4-15(2)18(11-14)24-7-9-25(10-8-24)19(26)12-17-13-28-21(22-17)23-20(27)16-5-6-16/h3-4,11,13,16H,5-10,12H2,1-2H3,(H,22,23,27). The lowest BCUT2D eigenvalue weighted by molar-refractivity contribution is -0.130. The molecule has 28 heavy (non-hydrogen) atoms. The number of hydrogen-bond acceptors (Lipinski definition) is 5. The monoisotopic (exact) mass is 398 g/mol. The molecule has 6 nitrogen and oxygen atoms in total. The van der Waals surface area contributed by atoms with Crippen molar-refractivity contribution in [2.24, 2.45) is 5.92 Å². The van der Waals surface area contributed by atoms with E-state index >= 15 is 0 Å². The molecule has 1 N–H and O–H groups in total. The molecule has 1 saturated carbocycles. The first-order valence-corrected chi connectivity index (χ1v) is 10.7. The number of carbonyl (C=O) groups excluding carboxylic acids is 2. The van der Waals surface area contributed by atoms with Crippen LogP contribution in [0, 0.1) is 19.8 Å². The molecule has 2 amide bonds. The average molecular weight is 399 g/mol. The summed E-state index contributed by atoms with van der Waals surface area (Å²) in [5.41, 5.74) is 4.53. The van der Waals surface area contributed by atoms with Crippen molar-refractivity contribution in [3.63, 3.8) is 0 Å². The summed E-state index contributed by atoms with van der Waals surface area (Å²) in [4.78, 5) is 33.2. The van der Waals surface area contributed by atoms with E-state index in [-0.39, 0.29) is 17.7 Å². The van der Waals surface area contributed by atoms with Crippen LogP contribution in [0.4, 0.5) is 10.8 Å². The Morgan fingerprint density at radius 2 is 1.93 bits per heavy atom. The smallest absolute Gasteiger partial charge is 0.229 e. The summed E-state index contributed by atoms with van der Waals surface area (Å²) in [5.74, 6) is 0.308. The Kier molecular flexibility index (Phi) is 5.35. The van der Waals surface area contributed by atoms with Crippen molar-refractivity contribution >= 4 is 34.0 Å². The van der Waals surface area contributed by atoms with Gasteiger partial charge in [-0.15, -0.1) is 11.3 Å². The summed E-state index contributed by atoms with van der Waals surface area (Å²) in [6, 6.07) is 6.51. The van der Waals surface area contributed by atoms with Gasteiger partial charge in [-0.25, -0.2) is 4.98 Å². The first-order chi connectivity index (χ1) is 13.5. The molecule has 0 unspecified atom stereocenters. The summed E-state index contributed by atoms with van der Waals surface area (Å²) in [5, 5.41) is 5.31. The van der Waals surface area contributed by atoms with Crippen LogP contribution in [-0.4, -0.2) is 47.9 Å². The third-order valence-corrected chi connectivity index (χ3v) is 6.21. The number of carbonyl (C=O) groups is 2. The van der Waals surface area contributed by atoms with Crippen molar-refractivity contribution < 1.29 is 9.59 Å². The van der Waals surface area contributed by atoms with Crippen molar-refractivity contribution in [2.45, 2.75) is 33.1 Å². The van der Waals surface area contributed by atoms with Gasteiger partial charge in [0.25, 0.3) is 0 Å². The highest BCUT2D eigenvalue weighted by molar-refractivity contribution is 7.13. The molecule has 2 heterocycles. The summed E-state index contributed by atoms with van der Waals surface area (Å²) < 4.78 is 0. The number of hydrogen-bond donors (Lipinski definition) is 1. The van der Waals surface area contributed by atoms with Gasteiger partial charge >= 0.3 is 0 Å². The topological polar surface area (TPSA) is 65.5 Å². The van der Waals surface area contributed by atoms with E-state index in [9.17, 15) is 9.59 Å². The Bertz CT molecular complexity index is 882. The van der Waals surface area contributed by atoms with Crippen molar-refractivity contribution in [1.29, 1.82) is 0 Å². The van der Waals surface area contributed by atoms with Gasteiger partial charge in [0, 0.05) is 43.2 Å². The lowest BCUT2D eigenvalue weighted by Crippen LogP contribution is -2.49. The van der Waals surface area contributed by atoms with Crippen LogP contribution < -0.4 is 10.2 Å². The number of nitrogens with zero attached hydrogens (tertiary/aromatic N) is 3. The normalized spacial score (nSPS) is 16.9. The van der Waals surface area contributed by atoms with E-state index in [0.717, 1.165) is 44.7 Å². The highest BCUT2D eigenvalue weighted by Crippen LogP contribution is 2.30. The van der Waals surface area contributed by atoms with E-state index in [0.29, 0.717) is 11.6 Å². The highest BCUT2D eigenvalue weighted by atomic mass is 32.1. The van der Waals surface area contributed by atoms with Gasteiger partial charge < -0.3 is 15.1 Å². The number of thiazole rings is 1. The van der Waals surface area contributed by atoms with Gasteiger partial charge in [-0.05, 0) is 43.9 Å². The molecule has 0 bridgehead atoms. The first kappa shape index (κ1) is 18.9. The predicted octanol–water partition coefficient (Wildman–Crippen LogP) is 3.00. The Morgan fingerprint density at radius 1 is 1.18 bits per heavy atom. The van der Waals surface area contributed by atoms with Crippen molar-refractivity contribution in [1.82, 2.24) is 9.88 Å².